The zero-order valence-electron chi connectivity index (χ0n) is 9.66. The summed E-state index contributed by atoms with van der Waals surface area (Å²) >= 11 is 1.52. The van der Waals surface area contributed by atoms with Gasteiger partial charge in [-0.15, -0.1) is 11.3 Å². The van der Waals surface area contributed by atoms with Crippen molar-refractivity contribution < 1.29 is 9.21 Å². The minimum Gasteiger partial charge on any atom is -0.458 e. The molecule has 0 saturated carbocycles. The third-order valence-electron chi connectivity index (χ3n) is 2.62. The summed E-state index contributed by atoms with van der Waals surface area (Å²) in [6.45, 7) is 6.05. The van der Waals surface area contributed by atoms with Crippen LogP contribution in [0.5, 0.6) is 0 Å². The molecule has 0 bridgehead atoms. The molecule has 0 fully saturated rings. The Bertz CT molecular complexity index is 500. The molecule has 2 heterocycles. The smallest absolute Gasteiger partial charge is 0.238 e. The zero-order valence-corrected chi connectivity index (χ0v) is 10.5. The first-order valence-electron chi connectivity index (χ1n) is 5.32. The quantitative estimate of drug-likeness (QED) is 0.757. The summed E-state index contributed by atoms with van der Waals surface area (Å²) in [5.74, 6) is 1.28. The monoisotopic (exact) mass is 234 g/mol. The van der Waals surface area contributed by atoms with Gasteiger partial charge in [0.05, 0.1) is 4.88 Å². The van der Waals surface area contributed by atoms with E-state index in [4.69, 9.17) is 4.42 Å². The molecule has 0 aliphatic heterocycles. The third-order valence-corrected chi connectivity index (χ3v) is 3.77. The summed E-state index contributed by atoms with van der Waals surface area (Å²) in [6.07, 6.45) is 0.815. The SMILES string of the molecule is CCc1ccc(C(=O)c2cc(C)c(C)s2)o1. The van der Waals surface area contributed by atoms with Gasteiger partial charge in [-0.1, -0.05) is 6.92 Å². The second-order valence-electron chi connectivity index (χ2n) is 3.80. The fraction of sp³-hybridized carbons (Fsp3) is 0.308. The van der Waals surface area contributed by atoms with E-state index in [1.165, 1.54) is 16.2 Å². The summed E-state index contributed by atoms with van der Waals surface area (Å²) in [6, 6.07) is 5.54. The van der Waals surface area contributed by atoms with Gasteiger partial charge in [0.25, 0.3) is 0 Å². The zero-order chi connectivity index (χ0) is 11.7. The van der Waals surface area contributed by atoms with E-state index in [2.05, 4.69) is 0 Å². The number of thiophene rings is 1. The van der Waals surface area contributed by atoms with E-state index in [-0.39, 0.29) is 5.78 Å². The average Bonchev–Trinajstić information content (AvgIpc) is 2.86. The van der Waals surface area contributed by atoms with Crippen molar-refractivity contribution in [1.29, 1.82) is 0 Å². The Morgan fingerprint density at radius 2 is 2.12 bits per heavy atom. The van der Waals surface area contributed by atoms with Gasteiger partial charge in [0.15, 0.2) is 5.76 Å². The molecule has 3 heteroatoms. The lowest BCUT2D eigenvalue weighted by molar-refractivity contribution is 0.101. The van der Waals surface area contributed by atoms with Crippen LogP contribution in [-0.4, -0.2) is 5.78 Å². The van der Waals surface area contributed by atoms with Crippen molar-refractivity contribution in [3.8, 4) is 0 Å². The molecule has 2 aromatic heterocycles. The molecule has 16 heavy (non-hydrogen) atoms. The van der Waals surface area contributed by atoms with Gasteiger partial charge in [0.2, 0.25) is 5.78 Å². The van der Waals surface area contributed by atoms with Gasteiger partial charge < -0.3 is 4.42 Å². The van der Waals surface area contributed by atoms with E-state index in [9.17, 15) is 4.79 Å². The minimum absolute atomic E-state index is 0.0131. The number of ketones is 1. The van der Waals surface area contributed by atoms with E-state index in [1.807, 2.05) is 32.9 Å². The van der Waals surface area contributed by atoms with Crippen molar-refractivity contribution in [2.24, 2.45) is 0 Å². The maximum atomic E-state index is 12.1. The number of carbonyl (C=O) groups is 1. The van der Waals surface area contributed by atoms with Crippen LogP contribution in [0.4, 0.5) is 0 Å². The molecule has 0 amide bonds. The second kappa shape index (κ2) is 4.26. The van der Waals surface area contributed by atoms with Crippen LogP contribution in [0.25, 0.3) is 0 Å². The summed E-state index contributed by atoms with van der Waals surface area (Å²) in [5, 5.41) is 0. The highest BCUT2D eigenvalue weighted by molar-refractivity contribution is 7.14. The fourth-order valence-electron chi connectivity index (χ4n) is 1.50. The maximum absolute atomic E-state index is 12.1. The molecule has 0 aliphatic rings. The lowest BCUT2D eigenvalue weighted by atomic mass is 10.2. The van der Waals surface area contributed by atoms with E-state index in [1.54, 1.807) is 6.07 Å². The number of rotatable bonds is 3. The number of aryl methyl sites for hydroxylation is 3. The van der Waals surface area contributed by atoms with Crippen LogP contribution in [0.2, 0.25) is 0 Å². The highest BCUT2D eigenvalue weighted by Crippen LogP contribution is 2.24. The van der Waals surface area contributed by atoms with Gasteiger partial charge in [-0.05, 0) is 37.6 Å². The van der Waals surface area contributed by atoms with Gasteiger partial charge in [-0.25, -0.2) is 0 Å². The van der Waals surface area contributed by atoms with Crippen LogP contribution in [0.15, 0.2) is 22.6 Å². The Morgan fingerprint density at radius 3 is 2.62 bits per heavy atom. The minimum atomic E-state index is -0.0131. The number of carbonyl (C=O) groups excluding carboxylic acids is 1. The van der Waals surface area contributed by atoms with Gasteiger partial charge in [0, 0.05) is 11.3 Å². The largest absolute Gasteiger partial charge is 0.458 e. The summed E-state index contributed by atoms with van der Waals surface area (Å²) in [5.41, 5.74) is 1.16. The number of furan rings is 1. The summed E-state index contributed by atoms with van der Waals surface area (Å²) in [7, 11) is 0. The molecule has 0 radical (unpaired) electrons. The second-order valence-corrected chi connectivity index (χ2v) is 5.05. The van der Waals surface area contributed by atoms with Crippen LogP contribution in [0, 0.1) is 13.8 Å². The Morgan fingerprint density at radius 1 is 1.38 bits per heavy atom. The van der Waals surface area contributed by atoms with Crippen LogP contribution in [0.3, 0.4) is 0 Å². The molecule has 0 atom stereocenters. The van der Waals surface area contributed by atoms with Crippen LogP contribution in [0.1, 0.15) is 38.6 Å². The van der Waals surface area contributed by atoms with E-state index in [0.29, 0.717) is 5.76 Å². The van der Waals surface area contributed by atoms with Crippen molar-refractivity contribution in [3.63, 3.8) is 0 Å². The molecular weight excluding hydrogens is 220 g/mol. The molecule has 0 spiro atoms. The summed E-state index contributed by atoms with van der Waals surface area (Å²) < 4.78 is 5.46. The van der Waals surface area contributed by atoms with E-state index < -0.39 is 0 Å². The molecule has 2 nitrogen and oxygen atoms in total. The highest BCUT2D eigenvalue weighted by atomic mass is 32.1. The topological polar surface area (TPSA) is 30.2 Å². The van der Waals surface area contributed by atoms with Gasteiger partial charge in [-0.2, -0.15) is 0 Å². The van der Waals surface area contributed by atoms with Crippen molar-refractivity contribution >= 4 is 17.1 Å². The molecule has 0 saturated heterocycles. The first-order valence-corrected chi connectivity index (χ1v) is 6.14. The van der Waals surface area contributed by atoms with Crippen molar-refractivity contribution in [3.05, 3.63) is 45.0 Å². The van der Waals surface area contributed by atoms with Gasteiger partial charge in [-0.3, -0.25) is 4.79 Å². The lowest BCUT2D eigenvalue weighted by Crippen LogP contribution is -1.95. The molecule has 0 N–H and O–H groups in total. The standard InChI is InChI=1S/C13H14O2S/c1-4-10-5-6-11(15-10)13(14)12-7-8(2)9(3)16-12/h5-7H,4H2,1-3H3. The Hall–Kier alpha value is -1.35. The van der Waals surface area contributed by atoms with Crippen molar-refractivity contribution in [1.82, 2.24) is 0 Å². The predicted octanol–water partition coefficient (Wildman–Crippen LogP) is 3.75. The van der Waals surface area contributed by atoms with Crippen LogP contribution >= 0.6 is 11.3 Å². The molecule has 0 unspecified atom stereocenters. The third kappa shape index (κ3) is 1.95. The Kier molecular flexibility index (Phi) is 2.97. The van der Waals surface area contributed by atoms with Crippen molar-refractivity contribution in [2.75, 3.05) is 0 Å². The average molecular weight is 234 g/mol. The molecular formula is C13H14O2S. The van der Waals surface area contributed by atoms with E-state index in [0.717, 1.165) is 22.6 Å². The predicted molar refractivity (Wildman–Crippen MR) is 65.3 cm³/mol. The van der Waals surface area contributed by atoms with Crippen LogP contribution < -0.4 is 0 Å². The van der Waals surface area contributed by atoms with Gasteiger partial charge in [0.1, 0.15) is 5.76 Å². The van der Waals surface area contributed by atoms with Crippen LogP contribution in [-0.2, 0) is 6.42 Å². The lowest BCUT2D eigenvalue weighted by Gasteiger charge is -1.92. The Balaban J connectivity index is 2.31. The first-order chi connectivity index (χ1) is 7.61. The first kappa shape index (κ1) is 11.1. The molecule has 0 aromatic carbocycles. The van der Waals surface area contributed by atoms with E-state index >= 15 is 0 Å². The van der Waals surface area contributed by atoms with Crippen molar-refractivity contribution in [2.45, 2.75) is 27.2 Å². The highest BCUT2D eigenvalue weighted by Gasteiger charge is 2.16. The Labute approximate surface area is 98.9 Å². The summed E-state index contributed by atoms with van der Waals surface area (Å²) in [4.78, 5) is 14.0. The molecule has 2 rings (SSSR count). The fourth-order valence-corrected chi connectivity index (χ4v) is 2.48. The normalized spacial score (nSPS) is 10.7. The number of hydrogen-bond acceptors (Lipinski definition) is 3. The van der Waals surface area contributed by atoms with Gasteiger partial charge >= 0.3 is 0 Å². The number of hydrogen-bond donors (Lipinski definition) is 0. The molecule has 2 aromatic rings. The molecule has 0 aliphatic carbocycles. The maximum Gasteiger partial charge on any atom is 0.238 e. The molecule has 84 valence electrons.